The highest BCUT2D eigenvalue weighted by Gasteiger charge is 2.46. The van der Waals surface area contributed by atoms with Crippen molar-refractivity contribution < 1.29 is 0 Å². The van der Waals surface area contributed by atoms with E-state index in [1.54, 1.807) is 0 Å². The molecule has 3 N–H and O–H groups in total. The Kier molecular flexibility index (Phi) is 5.51. The first-order chi connectivity index (χ1) is 13.6. The molecular formula is C23H35N5. The largest absolute Gasteiger partial charge is 0.384 e. The van der Waals surface area contributed by atoms with E-state index < -0.39 is 5.79 Å². The molecule has 2 aliphatic heterocycles. The minimum Gasteiger partial charge on any atom is -0.384 e. The van der Waals surface area contributed by atoms with Crippen LogP contribution in [0.2, 0.25) is 0 Å². The highest BCUT2D eigenvalue weighted by Crippen LogP contribution is 2.39. The lowest BCUT2D eigenvalue weighted by Gasteiger charge is -2.50. The average molecular weight is 382 g/mol. The molecule has 4 rings (SSSR count). The van der Waals surface area contributed by atoms with Crippen molar-refractivity contribution in [2.45, 2.75) is 64.1 Å². The molecule has 1 saturated heterocycles. The molecule has 1 aliphatic carbocycles. The summed E-state index contributed by atoms with van der Waals surface area (Å²) in [5, 5.41) is 3.90. The molecule has 0 bridgehead atoms. The number of benzene rings is 1. The summed E-state index contributed by atoms with van der Waals surface area (Å²) in [4.78, 5) is 9.88. The lowest BCUT2D eigenvalue weighted by atomic mass is 9.82. The van der Waals surface area contributed by atoms with E-state index >= 15 is 0 Å². The maximum Gasteiger partial charge on any atom is 0.213 e. The molecule has 5 nitrogen and oxygen atoms in total. The van der Waals surface area contributed by atoms with Crippen LogP contribution in [0.3, 0.4) is 0 Å². The third-order valence-corrected chi connectivity index (χ3v) is 6.70. The first-order valence-corrected chi connectivity index (χ1v) is 11.0. The van der Waals surface area contributed by atoms with Crippen LogP contribution in [0.4, 0.5) is 5.69 Å². The number of aryl methyl sites for hydroxylation is 1. The number of anilines is 1. The zero-order valence-corrected chi connectivity index (χ0v) is 17.5. The van der Waals surface area contributed by atoms with Gasteiger partial charge in [-0.3, -0.25) is 0 Å². The fourth-order valence-corrected chi connectivity index (χ4v) is 5.02. The van der Waals surface area contributed by atoms with Crippen LogP contribution in [0.25, 0.3) is 0 Å². The Morgan fingerprint density at radius 1 is 1.04 bits per heavy atom. The van der Waals surface area contributed by atoms with Gasteiger partial charge in [0.15, 0.2) is 0 Å². The number of nitrogens with two attached hydrogens (primary N) is 1. The molecule has 1 atom stereocenters. The highest BCUT2D eigenvalue weighted by atomic mass is 15.5. The molecule has 1 saturated carbocycles. The van der Waals surface area contributed by atoms with E-state index in [2.05, 4.69) is 53.4 Å². The maximum absolute atomic E-state index is 6.43. The Morgan fingerprint density at radius 2 is 1.68 bits per heavy atom. The number of nitrogens with zero attached hydrogens (tertiary/aromatic N) is 3. The Labute approximate surface area is 169 Å². The second-order valence-electron chi connectivity index (χ2n) is 8.69. The number of nitrogens with one attached hydrogen (secondary N) is 1. The topological polar surface area (TPSA) is 56.9 Å². The summed E-state index contributed by atoms with van der Waals surface area (Å²) >= 11 is 0. The predicted molar refractivity (Wildman–Crippen MR) is 117 cm³/mol. The molecule has 1 aromatic rings. The van der Waals surface area contributed by atoms with Crippen molar-refractivity contribution in [2.75, 3.05) is 25.0 Å². The molecule has 3 aliphatic rings. The second kappa shape index (κ2) is 8.06. The normalized spacial score (nSPS) is 26.3. The van der Waals surface area contributed by atoms with Crippen molar-refractivity contribution in [3.05, 3.63) is 41.7 Å². The van der Waals surface area contributed by atoms with E-state index in [1.807, 2.05) is 6.08 Å². The van der Waals surface area contributed by atoms with Crippen molar-refractivity contribution in [1.29, 1.82) is 0 Å². The molecule has 0 amide bonds. The SMILES string of the molecule is Cc1ccc(N(C)C2(C3CCCCC3)N=C(N)C=C(N3CCCCC3)N2)cc1. The smallest absolute Gasteiger partial charge is 0.213 e. The minimum atomic E-state index is -0.513. The van der Waals surface area contributed by atoms with Gasteiger partial charge in [0.1, 0.15) is 11.7 Å². The van der Waals surface area contributed by atoms with E-state index in [4.69, 9.17) is 10.7 Å². The van der Waals surface area contributed by atoms with Crippen LogP contribution in [-0.4, -0.2) is 36.7 Å². The Morgan fingerprint density at radius 3 is 2.36 bits per heavy atom. The molecule has 152 valence electrons. The fourth-order valence-electron chi connectivity index (χ4n) is 5.02. The Bertz CT molecular complexity index is 726. The molecular weight excluding hydrogens is 346 g/mol. The molecule has 5 heteroatoms. The van der Waals surface area contributed by atoms with Crippen molar-refractivity contribution in [3.63, 3.8) is 0 Å². The van der Waals surface area contributed by atoms with E-state index in [0.717, 1.165) is 18.9 Å². The van der Waals surface area contributed by atoms with Crippen molar-refractivity contribution in [2.24, 2.45) is 16.6 Å². The van der Waals surface area contributed by atoms with Crippen LogP contribution >= 0.6 is 0 Å². The van der Waals surface area contributed by atoms with E-state index in [0.29, 0.717) is 11.8 Å². The van der Waals surface area contributed by atoms with Crippen LogP contribution in [0.15, 0.2) is 41.2 Å². The summed E-state index contributed by atoms with van der Waals surface area (Å²) in [5.74, 6) is 1.72. The van der Waals surface area contributed by atoms with Crippen LogP contribution in [-0.2, 0) is 0 Å². The van der Waals surface area contributed by atoms with Gasteiger partial charge in [0.25, 0.3) is 0 Å². The minimum absolute atomic E-state index is 0.444. The molecule has 1 aromatic carbocycles. The number of hydrogen-bond acceptors (Lipinski definition) is 5. The molecule has 28 heavy (non-hydrogen) atoms. The summed E-state index contributed by atoms with van der Waals surface area (Å²) in [5.41, 5.74) is 8.89. The van der Waals surface area contributed by atoms with Crippen molar-refractivity contribution in [3.8, 4) is 0 Å². The van der Waals surface area contributed by atoms with Gasteiger partial charge in [-0.15, -0.1) is 0 Å². The van der Waals surface area contributed by atoms with Crippen LogP contribution in [0.1, 0.15) is 56.9 Å². The molecule has 2 heterocycles. The third kappa shape index (κ3) is 3.71. The van der Waals surface area contributed by atoms with Gasteiger partial charge in [0.05, 0.1) is 0 Å². The van der Waals surface area contributed by atoms with Gasteiger partial charge in [-0.05, 0) is 51.2 Å². The lowest BCUT2D eigenvalue weighted by molar-refractivity contribution is 0.150. The number of hydrogen-bond donors (Lipinski definition) is 2. The van der Waals surface area contributed by atoms with Crippen LogP contribution < -0.4 is 16.0 Å². The van der Waals surface area contributed by atoms with E-state index in [9.17, 15) is 0 Å². The van der Waals surface area contributed by atoms with Gasteiger partial charge in [0, 0.05) is 37.8 Å². The Hall–Kier alpha value is -2.17. The van der Waals surface area contributed by atoms with Crippen molar-refractivity contribution in [1.82, 2.24) is 10.2 Å². The summed E-state index contributed by atoms with van der Waals surface area (Å²) in [6.07, 6.45) is 12.1. The molecule has 2 fully saturated rings. The standard InChI is InChI=1S/C23H35N5/c1-18-11-13-20(14-12-18)27(2)23(19-9-5-3-6-10-19)25-21(24)17-22(26-23)28-15-7-4-8-16-28/h11-14,17,19,26H,3-10,15-16H2,1-2H3,(H2,24,25). The van der Waals surface area contributed by atoms with Gasteiger partial charge in [-0.1, -0.05) is 37.0 Å². The average Bonchev–Trinajstić information content (AvgIpc) is 2.74. The number of rotatable bonds is 4. The van der Waals surface area contributed by atoms with Gasteiger partial charge < -0.3 is 20.9 Å². The third-order valence-electron chi connectivity index (χ3n) is 6.70. The van der Waals surface area contributed by atoms with Gasteiger partial charge in [-0.2, -0.15) is 0 Å². The maximum atomic E-state index is 6.43. The van der Waals surface area contributed by atoms with Gasteiger partial charge in [0.2, 0.25) is 5.79 Å². The summed E-state index contributed by atoms with van der Waals surface area (Å²) < 4.78 is 0. The molecule has 0 aromatic heterocycles. The summed E-state index contributed by atoms with van der Waals surface area (Å²) in [6.45, 7) is 4.33. The monoisotopic (exact) mass is 381 g/mol. The first kappa shape index (κ1) is 19.2. The molecule has 0 radical (unpaired) electrons. The van der Waals surface area contributed by atoms with E-state index in [-0.39, 0.29) is 0 Å². The predicted octanol–water partition coefficient (Wildman–Crippen LogP) is 3.95. The fraction of sp³-hybridized carbons (Fsp3) is 0.609. The number of likely N-dealkylation sites (tertiary alicyclic amines) is 1. The zero-order valence-electron chi connectivity index (χ0n) is 17.5. The number of aliphatic imine (C=N–C) groups is 1. The summed E-state index contributed by atoms with van der Waals surface area (Å²) in [7, 11) is 2.17. The van der Waals surface area contributed by atoms with Crippen molar-refractivity contribution >= 4 is 11.5 Å². The van der Waals surface area contributed by atoms with Gasteiger partial charge >= 0.3 is 0 Å². The summed E-state index contributed by atoms with van der Waals surface area (Å²) in [6, 6.07) is 8.76. The quantitative estimate of drug-likeness (QED) is 0.829. The lowest BCUT2D eigenvalue weighted by Crippen LogP contribution is -2.65. The number of piperidine rings is 1. The van der Waals surface area contributed by atoms with Crippen LogP contribution in [0, 0.1) is 12.8 Å². The highest BCUT2D eigenvalue weighted by molar-refractivity contribution is 5.93. The second-order valence-corrected chi connectivity index (χ2v) is 8.69. The van der Waals surface area contributed by atoms with E-state index in [1.165, 1.54) is 62.6 Å². The molecule has 0 spiro atoms. The van der Waals surface area contributed by atoms with Gasteiger partial charge in [-0.25, -0.2) is 4.99 Å². The van der Waals surface area contributed by atoms with Crippen LogP contribution in [0.5, 0.6) is 0 Å². The number of amidine groups is 1. The molecule has 1 unspecified atom stereocenters. The Balaban J connectivity index is 1.70. The first-order valence-electron chi connectivity index (χ1n) is 11.0. The zero-order chi connectivity index (χ0) is 19.6.